The monoisotopic (exact) mass is 281 g/mol. The summed E-state index contributed by atoms with van der Waals surface area (Å²) < 4.78 is 0. The van der Waals surface area contributed by atoms with Gasteiger partial charge in [0.2, 0.25) is 5.91 Å². The number of nitrogens with one attached hydrogen (secondary N) is 1. The highest BCUT2D eigenvalue weighted by molar-refractivity contribution is 5.79. The van der Waals surface area contributed by atoms with E-state index < -0.39 is 0 Å². The maximum atomic E-state index is 12.3. The lowest BCUT2D eigenvalue weighted by atomic mass is 9.77. The van der Waals surface area contributed by atoms with E-state index in [2.05, 4.69) is 31.0 Å². The summed E-state index contributed by atoms with van der Waals surface area (Å²) in [5.41, 5.74) is 6.09. The molecule has 0 bridgehead atoms. The molecule has 4 unspecified atom stereocenters. The molecule has 0 aromatic carbocycles. The zero-order valence-electron chi connectivity index (χ0n) is 13.3. The first kappa shape index (κ1) is 15.8. The van der Waals surface area contributed by atoms with E-state index >= 15 is 0 Å². The maximum Gasteiger partial charge on any atom is 0.223 e. The van der Waals surface area contributed by atoms with Crippen LogP contribution in [-0.4, -0.2) is 42.5 Å². The topological polar surface area (TPSA) is 58.4 Å². The Morgan fingerprint density at radius 3 is 2.75 bits per heavy atom. The van der Waals surface area contributed by atoms with Crippen molar-refractivity contribution in [1.82, 2.24) is 10.2 Å². The zero-order valence-corrected chi connectivity index (χ0v) is 13.3. The van der Waals surface area contributed by atoms with Gasteiger partial charge < -0.3 is 16.0 Å². The van der Waals surface area contributed by atoms with Crippen LogP contribution in [0.2, 0.25) is 0 Å². The molecule has 0 radical (unpaired) electrons. The van der Waals surface area contributed by atoms with Crippen molar-refractivity contribution in [3.05, 3.63) is 0 Å². The molecule has 1 aliphatic heterocycles. The average molecular weight is 281 g/mol. The molecule has 116 valence electrons. The van der Waals surface area contributed by atoms with Crippen molar-refractivity contribution in [3.8, 4) is 0 Å². The first-order chi connectivity index (χ1) is 9.49. The maximum absolute atomic E-state index is 12.3. The van der Waals surface area contributed by atoms with Crippen molar-refractivity contribution in [2.75, 3.05) is 19.6 Å². The number of rotatable bonds is 4. The Morgan fingerprint density at radius 2 is 2.10 bits per heavy atom. The van der Waals surface area contributed by atoms with E-state index in [-0.39, 0.29) is 17.9 Å². The first-order valence-corrected chi connectivity index (χ1v) is 8.26. The number of likely N-dealkylation sites (tertiary alicyclic amines) is 1. The Morgan fingerprint density at radius 1 is 1.35 bits per heavy atom. The third kappa shape index (κ3) is 3.73. The summed E-state index contributed by atoms with van der Waals surface area (Å²) in [5.74, 6) is 1.30. The summed E-state index contributed by atoms with van der Waals surface area (Å²) in [5, 5.41) is 3.18. The normalized spacial score (nSPS) is 35.5. The molecule has 1 saturated carbocycles. The van der Waals surface area contributed by atoms with E-state index in [1.165, 1.54) is 13.0 Å². The van der Waals surface area contributed by atoms with Crippen LogP contribution in [-0.2, 0) is 4.79 Å². The Balaban J connectivity index is 1.75. The summed E-state index contributed by atoms with van der Waals surface area (Å²) in [7, 11) is 0. The molecule has 1 saturated heterocycles. The fourth-order valence-electron chi connectivity index (χ4n) is 3.64. The second-order valence-electron chi connectivity index (χ2n) is 7.05. The molecule has 2 rings (SSSR count). The molecule has 4 heteroatoms. The van der Waals surface area contributed by atoms with Gasteiger partial charge in [-0.15, -0.1) is 0 Å². The van der Waals surface area contributed by atoms with Gasteiger partial charge in [-0.05, 0) is 51.5 Å². The van der Waals surface area contributed by atoms with Crippen LogP contribution in [0.3, 0.4) is 0 Å². The molecule has 0 spiro atoms. The van der Waals surface area contributed by atoms with E-state index in [1.54, 1.807) is 0 Å². The average Bonchev–Trinajstić information content (AvgIpc) is 2.88. The third-order valence-electron chi connectivity index (χ3n) is 5.31. The van der Waals surface area contributed by atoms with Gasteiger partial charge in [0.05, 0.1) is 0 Å². The van der Waals surface area contributed by atoms with Gasteiger partial charge in [0.15, 0.2) is 0 Å². The minimum absolute atomic E-state index is 0.126. The standard InChI is InChI=1S/C16H31N3O/c1-11(2)19-8-7-13(10-19)9-18-16(20)14-5-4-6-15(17)12(14)3/h11-15H,4-10,17H2,1-3H3,(H,18,20). The molecule has 0 aromatic rings. The number of hydrogen-bond acceptors (Lipinski definition) is 3. The summed E-state index contributed by atoms with van der Waals surface area (Å²) in [4.78, 5) is 14.8. The zero-order chi connectivity index (χ0) is 14.7. The van der Waals surface area contributed by atoms with Crippen molar-refractivity contribution in [2.24, 2.45) is 23.5 Å². The molecule has 2 fully saturated rings. The molecule has 3 N–H and O–H groups in total. The number of carbonyl (C=O) groups is 1. The lowest BCUT2D eigenvalue weighted by Gasteiger charge is -2.33. The highest BCUT2D eigenvalue weighted by Crippen LogP contribution is 2.29. The third-order valence-corrected chi connectivity index (χ3v) is 5.31. The fourth-order valence-corrected chi connectivity index (χ4v) is 3.64. The summed E-state index contributed by atoms with van der Waals surface area (Å²) in [6.45, 7) is 9.74. The van der Waals surface area contributed by atoms with Crippen molar-refractivity contribution < 1.29 is 4.79 Å². The quantitative estimate of drug-likeness (QED) is 0.823. The number of carbonyl (C=O) groups excluding carboxylic acids is 1. The molecular weight excluding hydrogens is 250 g/mol. The van der Waals surface area contributed by atoms with E-state index in [0.29, 0.717) is 17.9 Å². The van der Waals surface area contributed by atoms with Gasteiger partial charge in [-0.25, -0.2) is 0 Å². The Hall–Kier alpha value is -0.610. The van der Waals surface area contributed by atoms with Crippen molar-refractivity contribution in [1.29, 1.82) is 0 Å². The molecule has 2 aliphatic rings. The van der Waals surface area contributed by atoms with Gasteiger partial charge >= 0.3 is 0 Å². The van der Waals surface area contributed by atoms with Gasteiger partial charge in [-0.2, -0.15) is 0 Å². The second kappa shape index (κ2) is 6.90. The van der Waals surface area contributed by atoms with Crippen LogP contribution in [0, 0.1) is 17.8 Å². The van der Waals surface area contributed by atoms with Crippen LogP contribution in [0.1, 0.15) is 46.5 Å². The van der Waals surface area contributed by atoms with Gasteiger partial charge in [0, 0.05) is 31.1 Å². The Kier molecular flexibility index (Phi) is 5.44. The second-order valence-corrected chi connectivity index (χ2v) is 7.05. The largest absolute Gasteiger partial charge is 0.356 e. The number of amides is 1. The molecule has 20 heavy (non-hydrogen) atoms. The molecule has 1 heterocycles. The molecule has 1 amide bonds. The Labute approximate surface area is 123 Å². The number of hydrogen-bond donors (Lipinski definition) is 2. The number of nitrogens with two attached hydrogens (primary N) is 1. The molecule has 1 aliphatic carbocycles. The summed E-state index contributed by atoms with van der Waals surface area (Å²) in [6.07, 6.45) is 4.37. The minimum atomic E-state index is 0.126. The molecule has 0 aromatic heterocycles. The van der Waals surface area contributed by atoms with E-state index in [0.717, 1.165) is 32.4 Å². The van der Waals surface area contributed by atoms with Crippen LogP contribution >= 0.6 is 0 Å². The van der Waals surface area contributed by atoms with E-state index in [4.69, 9.17) is 5.73 Å². The molecular formula is C16H31N3O. The van der Waals surface area contributed by atoms with Crippen LogP contribution < -0.4 is 11.1 Å². The van der Waals surface area contributed by atoms with Crippen molar-refractivity contribution in [3.63, 3.8) is 0 Å². The van der Waals surface area contributed by atoms with Gasteiger partial charge in [0.25, 0.3) is 0 Å². The highest BCUT2D eigenvalue weighted by Gasteiger charge is 2.33. The lowest BCUT2D eigenvalue weighted by Crippen LogP contribution is -2.45. The van der Waals surface area contributed by atoms with Gasteiger partial charge in [-0.1, -0.05) is 13.3 Å². The highest BCUT2D eigenvalue weighted by atomic mass is 16.1. The SMILES string of the molecule is CC1C(N)CCCC1C(=O)NCC1CCN(C(C)C)C1. The van der Waals surface area contributed by atoms with Crippen LogP contribution in [0.25, 0.3) is 0 Å². The van der Waals surface area contributed by atoms with Crippen LogP contribution in [0.5, 0.6) is 0 Å². The van der Waals surface area contributed by atoms with Crippen molar-refractivity contribution in [2.45, 2.75) is 58.5 Å². The summed E-state index contributed by atoms with van der Waals surface area (Å²) >= 11 is 0. The van der Waals surface area contributed by atoms with E-state index in [9.17, 15) is 4.79 Å². The molecule has 4 atom stereocenters. The summed E-state index contributed by atoms with van der Waals surface area (Å²) in [6, 6.07) is 0.814. The Bertz CT molecular complexity index is 332. The predicted molar refractivity (Wildman–Crippen MR) is 82.3 cm³/mol. The number of nitrogens with zero attached hydrogens (tertiary/aromatic N) is 1. The van der Waals surface area contributed by atoms with E-state index in [1.807, 2.05) is 0 Å². The van der Waals surface area contributed by atoms with Gasteiger partial charge in [-0.3, -0.25) is 4.79 Å². The minimum Gasteiger partial charge on any atom is -0.356 e. The van der Waals surface area contributed by atoms with Crippen LogP contribution in [0.4, 0.5) is 0 Å². The first-order valence-electron chi connectivity index (χ1n) is 8.26. The fraction of sp³-hybridized carbons (Fsp3) is 0.938. The lowest BCUT2D eigenvalue weighted by molar-refractivity contribution is -0.128. The molecule has 4 nitrogen and oxygen atoms in total. The van der Waals surface area contributed by atoms with Crippen LogP contribution in [0.15, 0.2) is 0 Å². The smallest absolute Gasteiger partial charge is 0.223 e. The van der Waals surface area contributed by atoms with Gasteiger partial charge in [0.1, 0.15) is 0 Å². The predicted octanol–water partition coefficient (Wildman–Crippen LogP) is 1.60. The van der Waals surface area contributed by atoms with Crippen molar-refractivity contribution >= 4 is 5.91 Å².